The molecule has 9 nitrogen and oxygen atoms in total. The van der Waals surface area contributed by atoms with Gasteiger partial charge in [-0.2, -0.15) is 0 Å². The van der Waals surface area contributed by atoms with Gasteiger partial charge in [0.25, 0.3) is 11.5 Å². The van der Waals surface area contributed by atoms with Crippen LogP contribution < -0.4 is 16.2 Å². The van der Waals surface area contributed by atoms with Gasteiger partial charge in [0, 0.05) is 18.0 Å². The third kappa shape index (κ3) is 5.64. The molecular formula is C23H24N4O5S. The third-order valence-corrected chi connectivity index (χ3v) is 6.61. The fourth-order valence-electron chi connectivity index (χ4n) is 3.76. The molecule has 0 fully saturated rings. The fourth-order valence-corrected chi connectivity index (χ4v) is 4.98. The number of fused-ring (bicyclic) bond motifs is 3. The summed E-state index contributed by atoms with van der Waals surface area (Å²) < 4.78 is 6.33. The standard InChI is InChI=1S/C23H24N4O5S/c28-18(26-23(31)24-12-15-6-2-1-3-7-15)13-32-19(29)10-11-27-14-25-21-20(22(27)30)16-8-4-5-9-17(16)33-21/h1-3,6-7,14H,4-5,8-13H2,(H2,24,26,28,31). The summed E-state index contributed by atoms with van der Waals surface area (Å²) in [5.41, 5.74) is 1.83. The van der Waals surface area contributed by atoms with Crippen LogP contribution in [-0.4, -0.2) is 34.1 Å². The van der Waals surface area contributed by atoms with Gasteiger partial charge in [-0.25, -0.2) is 9.78 Å². The highest BCUT2D eigenvalue weighted by Gasteiger charge is 2.20. The maximum Gasteiger partial charge on any atom is 0.321 e. The molecule has 33 heavy (non-hydrogen) atoms. The molecule has 10 heteroatoms. The molecule has 0 unspecified atom stereocenters. The topological polar surface area (TPSA) is 119 Å². The summed E-state index contributed by atoms with van der Waals surface area (Å²) in [6, 6.07) is 8.56. The van der Waals surface area contributed by atoms with Crippen molar-refractivity contribution >= 4 is 39.5 Å². The van der Waals surface area contributed by atoms with E-state index in [2.05, 4.69) is 15.6 Å². The summed E-state index contributed by atoms with van der Waals surface area (Å²) >= 11 is 1.57. The van der Waals surface area contributed by atoms with Crippen LogP contribution in [0.2, 0.25) is 0 Å². The molecule has 4 rings (SSSR count). The Bertz CT molecular complexity index is 1230. The zero-order valence-electron chi connectivity index (χ0n) is 18.0. The Labute approximate surface area is 193 Å². The number of imide groups is 1. The van der Waals surface area contributed by atoms with Gasteiger partial charge in [-0.3, -0.25) is 24.3 Å². The maximum absolute atomic E-state index is 12.9. The van der Waals surface area contributed by atoms with Gasteiger partial charge in [-0.1, -0.05) is 30.3 Å². The molecule has 2 heterocycles. The molecule has 0 aliphatic heterocycles. The third-order valence-electron chi connectivity index (χ3n) is 5.41. The first-order valence-electron chi connectivity index (χ1n) is 10.8. The molecule has 0 spiro atoms. The van der Waals surface area contributed by atoms with E-state index < -0.39 is 24.5 Å². The lowest BCUT2D eigenvalue weighted by Gasteiger charge is -2.10. The average molecular weight is 469 g/mol. The van der Waals surface area contributed by atoms with Crippen LogP contribution in [0.5, 0.6) is 0 Å². The number of urea groups is 1. The number of thiophene rings is 1. The van der Waals surface area contributed by atoms with E-state index in [9.17, 15) is 19.2 Å². The van der Waals surface area contributed by atoms with Gasteiger partial charge in [-0.05, 0) is 36.8 Å². The van der Waals surface area contributed by atoms with Crippen molar-refractivity contribution in [3.05, 3.63) is 63.0 Å². The first-order valence-corrected chi connectivity index (χ1v) is 11.6. The van der Waals surface area contributed by atoms with Gasteiger partial charge >= 0.3 is 12.0 Å². The van der Waals surface area contributed by atoms with E-state index in [0.717, 1.165) is 41.6 Å². The maximum atomic E-state index is 12.9. The number of ether oxygens (including phenoxy) is 1. The molecule has 0 bridgehead atoms. The first kappa shape index (κ1) is 22.7. The van der Waals surface area contributed by atoms with Crippen molar-refractivity contribution < 1.29 is 19.1 Å². The lowest BCUT2D eigenvalue weighted by molar-refractivity contribution is -0.148. The van der Waals surface area contributed by atoms with E-state index in [4.69, 9.17) is 4.74 Å². The Balaban J connectivity index is 1.23. The van der Waals surface area contributed by atoms with E-state index in [1.54, 1.807) is 11.3 Å². The molecule has 1 aliphatic carbocycles. The van der Waals surface area contributed by atoms with Crippen molar-refractivity contribution in [2.75, 3.05) is 6.61 Å². The van der Waals surface area contributed by atoms with Crippen LogP contribution in [0.4, 0.5) is 4.79 Å². The molecule has 0 saturated heterocycles. The van der Waals surface area contributed by atoms with E-state index in [0.29, 0.717) is 5.39 Å². The molecular weight excluding hydrogens is 444 g/mol. The minimum Gasteiger partial charge on any atom is -0.456 e. The molecule has 3 amide bonds. The van der Waals surface area contributed by atoms with Gasteiger partial charge in [-0.15, -0.1) is 11.3 Å². The summed E-state index contributed by atoms with van der Waals surface area (Å²) in [7, 11) is 0. The summed E-state index contributed by atoms with van der Waals surface area (Å²) in [5, 5.41) is 5.31. The van der Waals surface area contributed by atoms with Gasteiger partial charge in [0.2, 0.25) is 0 Å². The Kier molecular flexibility index (Phi) is 7.13. The second-order valence-electron chi connectivity index (χ2n) is 7.76. The smallest absolute Gasteiger partial charge is 0.321 e. The fraction of sp³-hybridized carbons (Fsp3) is 0.348. The SMILES string of the molecule is O=C(COC(=O)CCn1cnc2sc3c(c2c1=O)CCCC3)NC(=O)NCc1ccccc1. The number of hydrogen-bond donors (Lipinski definition) is 2. The molecule has 2 N–H and O–H groups in total. The molecule has 0 atom stereocenters. The van der Waals surface area contributed by atoms with E-state index >= 15 is 0 Å². The average Bonchev–Trinajstić information content (AvgIpc) is 3.21. The number of aromatic nitrogens is 2. The first-order chi connectivity index (χ1) is 16.0. The summed E-state index contributed by atoms with van der Waals surface area (Å²) in [4.78, 5) is 54.9. The predicted molar refractivity (Wildman–Crippen MR) is 123 cm³/mol. The number of benzene rings is 1. The van der Waals surface area contributed by atoms with E-state index in [1.807, 2.05) is 30.3 Å². The summed E-state index contributed by atoms with van der Waals surface area (Å²) in [6.45, 7) is -0.216. The molecule has 1 aromatic carbocycles. The zero-order chi connectivity index (χ0) is 23.2. The highest BCUT2D eigenvalue weighted by molar-refractivity contribution is 7.18. The number of nitrogens with zero attached hydrogens (tertiary/aromatic N) is 2. The van der Waals surface area contributed by atoms with Crippen molar-refractivity contribution in [1.82, 2.24) is 20.2 Å². The van der Waals surface area contributed by atoms with Gasteiger partial charge in [0.1, 0.15) is 4.83 Å². The summed E-state index contributed by atoms with van der Waals surface area (Å²) in [6.07, 6.45) is 5.41. The lowest BCUT2D eigenvalue weighted by Crippen LogP contribution is -2.41. The van der Waals surface area contributed by atoms with Crippen molar-refractivity contribution in [1.29, 1.82) is 0 Å². The second-order valence-corrected chi connectivity index (χ2v) is 8.84. The molecule has 1 aliphatic rings. The Morgan fingerprint density at radius 1 is 1.12 bits per heavy atom. The predicted octanol–water partition coefficient (Wildman–Crippen LogP) is 2.30. The highest BCUT2D eigenvalue weighted by Crippen LogP contribution is 2.33. The number of hydrogen-bond acceptors (Lipinski definition) is 7. The van der Waals surface area contributed by atoms with Crippen LogP contribution in [-0.2, 0) is 40.3 Å². The van der Waals surface area contributed by atoms with E-state index in [-0.39, 0.29) is 25.1 Å². The number of amides is 3. The lowest BCUT2D eigenvalue weighted by atomic mass is 9.97. The number of rotatable bonds is 7. The highest BCUT2D eigenvalue weighted by atomic mass is 32.1. The Hall–Kier alpha value is -3.53. The van der Waals surface area contributed by atoms with Crippen molar-refractivity contribution in [2.45, 2.75) is 45.2 Å². The minimum absolute atomic E-state index is 0.0904. The number of nitrogens with one attached hydrogen (secondary N) is 2. The minimum atomic E-state index is -0.737. The van der Waals surface area contributed by atoms with Crippen LogP contribution in [0.15, 0.2) is 41.5 Å². The van der Waals surface area contributed by atoms with Gasteiger partial charge in [0.05, 0.1) is 18.1 Å². The summed E-state index contributed by atoms with van der Waals surface area (Å²) in [5.74, 6) is -1.38. The Morgan fingerprint density at radius 3 is 2.73 bits per heavy atom. The monoisotopic (exact) mass is 468 g/mol. The normalized spacial score (nSPS) is 12.7. The van der Waals surface area contributed by atoms with Crippen LogP contribution in [0.3, 0.4) is 0 Å². The molecule has 3 aromatic rings. The Morgan fingerprint density at radius 2 is 1.91 bits per heavy atom. The molecule has 0 radical (unpaired) electrons. The number of carbonyl (C=O) groups is 3. The van der Waals surface area contributed by atoms with Crippen molar-refractivity contribution in [3.63, 3.8) is 0 Å². The van der Waals surface area contributed by atoms with Crippen LogP contribution in [0.1, 0.15) is 35.3 Å². The number of aryl methyl sites for hydroxylation is 3. The van der Waals surface area contributed by atoms with Crippen LogP contribution >= 0.6 is 11.3 Å². The quantitative estimate of drug-likeness (QED) is 0.514. The van der Waals surface area contributed by atoms with Crippen molar-refractivity contribution in [2.24, 2.45) is 0 Å². The van der Waals surface area contributed by atoms with Gasteiger partial charge in [0.15, 0.2) is 6.61 Å². The van der Waals surface area contributed by atoms with Crippen LogP contribution in [0, 0.1) is 0 Å². The largest absolute Gasteiger partial charge is 0.456 e. The number of esters is 1. The van der Waals surface area contributed by atoms with Gasteiger partial charge < -0.3 is 10.1 Å². The number of carbonyl (C=O) groups excluding carboxylic acids is 3. The molecule has 0 saturated carbocycles. The van der Waals surface area contributed by atoms with Crippen LogP contribution in [0.25, 0.3) is 10.2 Å². The van der Waals surface area contributed by atoms with Crippen molar-refractivity contribution in [3.8, 4) is 0 Å². The molecule has 2 aromatic heterocycles. The second kappa shape index (κ2) is 10.4. The van der Waals surface area contributed by atoms with E-state index in [1.165, 1.54) is 15.8 Å². The zero-order valence-corrected chi connectivity index (χ0v) is 18.8. The molecule has 172 valence electrons.